The van der Waals surface area contributed by atoms with Crippen molar-refractivity contribution >= 4 is 14.2 Å². The van der Waals surface area contributed by atoms with Crippen molar-refractivity contribution < 1.29 is 39.1 Å². The second-order valence-electron chi connectivity index (χ2n) is 3.26. The zero-order chi connectivity index (χ0) is 10.4. The van der Waals surface area contributed by atoms with E-state index in [9.17, 15) is 4.79 Å². The molecule has 1 atom stereocenters. The van der Waals surface area contributed by atoms with Gasteiger partial charge in [-0.3, -0.25) is 4.79 Å². The van der Waals surface area contributed by atoms with Gasteiger partial charge in [-0.15, -0.1) is 0 Å². The summed E-state index contributed by atoms with van der Waals surface area (Å²) in [6.07, 6.45) is 0.246. The fourth-order valence-electron chi connectivity index (χ4n) is 1.18. The number of rotatable bonds is 5. The van der Waals surface area contributed by atoms with Crippen molar-refractivity contribution in [1.82, 2.24) is 0 Å². The largest absolute Gasteiger partial charge is 1.00 e. The minimum atomic E-state index is -0.291. The molecule has 1 aromatic rings. The average Bonchev–Trinajstić information content (AvgIpc) is 2.26. The Morgan fingerprint density at radius 3 is 2.38 bits per heavy atom. The van der Waals surface area contributed by atoms with Gasteiger partial charge in [0.25, 0.3) is 0 Å². The molecule has 1 aromatic carbocycles. The van der Waals surface area contributed by atoms with E-state index in [1.165, 1.54) is 0 Å². The summed E-state index contributed by atoms with van der Waals surface area (Å²) in [7, 11) is 0. The van der Waals surface area contributed by atoms with Crippen molar-refractivity contribution in [2.24, 2.45) is 0 Å². The summed E-state index contributed by atoms with van der Waals surface area (Å²) in [5.74, 6) is 0.154. The van der Waals surface area contributed by atoms with Crippen LogP contribution in [-0.2, 0) is 16.1 Å². The van der Waals surface area contributed by atoms with E-state index >= 15 is 0 Å². The summed E-state index contributed by atoms with van der Waals surface area (Å²) in [5.41, 5.74) is 1.10. The first-order valence-electron chi connectivity index (χ1n) is 4.92. The quantitative estimate of drug-likeness (QED) is 0.553. The summed E-state index contributed by atoms with van der Waals surface area (Å²) >= 11 is 0. The summed E-state index contributed by atoms with van der Waals surface area (Å²) in [5, 5.41) is 0. The normalized spacial score (nSPS) is 10.9. The molecule has 0 saturated heterocycles. The van der Waals surface area contributed by atoms with Crippen LogP contribution in [0.25, 0.3) is 0 Å². The van der Waals surface area contributed by atoms with E-state index in [2.05, 4.69) is 0 Å². The van der Waals surface area contributed by atoms with Crippen LogP contribution < -0.4 is 29.6 Å². The number of carbonyl (C=O) groups is 1. The van der Waals surface area contributed by atoms with Crippen LogP contribution >= 0.6 is 0 Å². The Hall–Kier alpha value is -0.0851. The SMILES string of the molecule is CCC(=O)[C@H](C)OCc1ccccc1.[BH4-].[Na+]. The van der Waals surface area contributed by atoms with Crippen molar-refractivity contribution in [2.75, 3.05) is 0 Å². The first-order valence-corrected chi connectivity index (χ1v) is 4.92. The van der Waals surface area contributed by atoms with Crippen LogP contribution in [0, 0.1) is 0 Å². The molecule has 0 aliphatic rings. The predicted octanol–water partition coefficient (Wildman–Crippen LogP) is -1.88. The molecule has 0 spiro atoms. The first-order chi connectivity index (χ1) is 6.74. The van der Waals surface area contributed by atoms with E-state index in [1.807, 2.05) is 37.3 Å². The van der Waals surface area contributed by atoms with E-state index in [0.29, 0.717) is 13.0 Å². The predicted molar refractivity (Wildman–Crippen MR) is 67.3 cm³/mol. The third-order valence-corrected chi connectivity index (χ3v) is 2.14. The molecule has 0 aliphatic carbocycles. The Morgan fingerprint density at radius 1 is 1.31 bits per heavy atom. The zero-order valence-electron chi connectivity index (χ0n) is 9.69. The fourth-order valence-corrected chi connectivity index (χ4v) is 1.18. The molecule has 0 saturated carbocycles. The van der Waals surface area contributed by atoms with Gasteiger partial charge in [-0.2, -0.15) is 0 Å². The zero-order valence-corrected chi connectivity index (χ0v) is 11.7. The second-order valence-corrected chi connectivity index (χ2v) is 3.26. The summed E-state index contributed by atoms with van der Waals surface area (Å²) < 4.78 is 5.43. The molecule has 84 valence electrons. The molecule has 0 N–H and O–H groups in total. The van der Waals surface area contributed by atoms with Gasteiger partial charge in [-0.05, 0) is 12.5 Å². The number of hydrogen-bond acceptors (Lipinski definition) is 2. The smallest absolute Gasteiger partial charge is 0.366 e. The molecule has 0 aliphatic heterocycles. The molecule has 0 unspecified atom stereocenters. The van der Waals surface area contributed by atoms with Crippen LogP contribution in [0.2, 0.25) is 0 Å². The van der Waals surface area contributed by atoms with Crippen LogP contribution in [0.15, 0.2) is 30.3 Å². The number of ketones is 1. The van der Waals surface area contributed by atoms with E-state index in [-0.39, 0.29) is 49.9 Å². The molecule has 4 heteroatoms. The molecule has 0 heterocycles. The fraction of sp³-hybridized carbons (Fsp3) is 0.417. The molecule has 16 heavy (non-hydrogen) atoms. The monoisotopic (exact) mass is 230 g/mol. The van der Waals surface area contributed by atoms with Gasteiger partial charge in [0.1, 0.15) is 6.10 Å². The van der Waals surface area contributed by atoms with Crippen LogP contribution in [0.1, 0.15) is 25.8 Å². The third-order valence-electron chi connectivity index (χ3n) is 2.14. The Kier molecular flexibility index (Phi) is 11.5. The van der Waals surface area contributed by atoms with Crippen LogP contribution in [-0.4, -0.2) is 20.3 Å². The number of ether oxygens (including phenoxy) is 1. The maximum absolute atomic E-state index is 11.2. The van der Waals surface area contributed by atoms with Gasteiger partial charge < -0.3 is 4.74 Å². The first kappa shape index (κ1) is 18.3. The van der Waals surface area contributed by atoms with Crippen LogP contribution in [0.4, 0.5) is 0 Å². The Bertz CT molecular complexity index is 290. The Balaban J connectivity index is 0. The van der Waals surface area contributed by atoms with Crippen molar-refractivity contribution in [1.29, 1.82) is 0 Å². The second kappa shape index (κ2) is 10.1. The molecular weight excluding hydrogens is 210 g/mol. The Labute approximate surface area is 122 Å². The molecule has 2 nitrogen and oxygen atoms in total. The van der Waals surface area contributed by atoms with Gasteiger partial charge in [-0.1, -0.05) is 45.7 Å². The van der Waals surface area contributed by atoms with Gasteiger partial charge in [0.15, 0.2) is 5.78 Å². The van der Waals surface area contributed by atoms with E-state index < -0.39 is 0 Å². The van der Waals surface area contributed by atoms with Gasteiger partial charge in [-0.25, -0.2) is 0 Å². The molecule has 0 bridgehead atoms. The maximum atomic E-state index is 11.2. The average molecular weight is 230 g/mol. The van der Waals surface area contributed by atoms with Gasteiger partial charge >= 0.3 is 29.6 Å². The summed E-state index contributed by atoms with van der Waals surface area (Å²) in [4.78, 5) is 11.2. The molecule has 0 amide bonds. The number of hydrogen-bond donors (Lipinski definition) is 0. The van der Waals surface area contributed by atoms with Crippen molar-refractivity contribution in [2.45, 2.75) is 33.0 Å². The number of Topliss-reactive ketones (excluding diaryl/α,β-unsaturated/α-hetero) is 1. The van der Waals surface area contributed by atoms with Gasteiger partial charge in [0, 0.05) is 6.42 Å². The third kappa shape index (κ3) is 6.49. The van der Waals surface area contributed by atoms with Crippen molar-refractivity contribution in [3.63, 3.8) is 0 Å². The minimum Gasteiger partial charge on any atom is -0.366 e. The van der Waals surface area contributed by atoms with Crippen LogP contribution in [0.5, 0.6) is 0 Å². The molecule has 0 radical (unpaired) electrons. The molecule has 1 rings (SSSR count). The molecule has 0 fully saturated rings. The topological polar surface area (TPSA) is 26.3 Å². The van der Waals surface area contributed by atoms with Gasteiger partial charge in [0.2, 0.25) is 0 Å². The standard InChI is InChI=1S/C12H16O2.BH4.Na/c1-3-12(13)10(2)14-9-11-7-5-4-6-8-11;;/h4-8,10H,3,9H2,1-2H3;1H4;/q;-1;+1/t10-;;/m0../s1. The Morgan fingerprint density at radius 2 is 1.88 bits per heavy atom. The number of carbonyl (C=O) groups excluding carboxylic acids is 1. The van der Waals surface area contributed by atoms with Crippen LogP contribution in [0.3, 0.4) is 0 Å². The van der Waals surface area contributed by atoms with E-state index in [1.54, 1.807) is 6.92 Å². The maximum Gasteiger partial charge on any atom is 1.00 e. The summed E-state index contributed by atoms with van der Waals surface area (Å²) in [6, 6.07) is 9.87. The van der Waals surface area contributed by atoms with E-state index in [4.69, 9.17) is 4.74 Å². The van der Waals surface area contributed by atoms with Crippen molar-refractivity contribution in [3.05, 3.63) is 35.9 Å². The molecule has 0 aromatic heterocycles. The van der Waals surface area contributed by atoms with E-state index in [0.717, 1.165) is 5.56 Å². The van der Waals surface area contributed by atoms with Crippen molar-refractivity contribution in [3.8, 4) is 0 Å². The summed E-state index contributed by atoms with van der Waals surface area (Å²) in [6.45, 7) is 4.16. The number of benzene rings is 1. The molecular formula is C12H20BNaO2. The minimum absolute atomic E-state index is 0. The van der Waals surface area contributed by atoms with Gasteiger partial charge in [0.05, 0.1) is 6.61 Å².